The molecule has 33 heavy (non-hydrogen) atoms. The fourth-order valence-corrected chi connectivity index (χ4v) is 4.82. The summed E-state index contributed by atoms with van der Waals surface area (Å²) in [6.45, 7) is 2.39. The second kappa shape index (κ2) is 11.4. The maximum Gasteiger partial charge on any atom is 0.308 e. The Hall–Kier alpha value is -2.71. The Kier molecular flexibility index (Phi) is 8.63. The van der Waals surface area contributed by atoms with E-state index < -0.39 is 21.9 Å². The molecule has 8 heteroatoms. The summed E-state index contributed by atoms with van der Waals surface area (Å²) in [4.78, 5) is 11.4. The van der Waals surface area contributed by atoms with E-state index in [4.69, 9.17) is 16.3 Å². The minimum atomic E-state index is -3.72. The number of aryl methyl sites for hydroxylation is 1. The Morgan fingerprint density at radius 1 is 1.03 bits per heavy atom. The number of hydrogen-bond acceptors (Lipinski definition) is 6. The molecule has 0 heterocycles. The average Bonchev–Trinajstić information content (AvgIpc) is 2.79. The number of halogens is 1. The van der Waals surface area contributed by atoms with Gasteiger partial charge in [0.1, 0.15) is 5.75 Å². The summed E-state index contributed by atoms with van der Waals surface area (Å²) in [5.41, 5.74) is 1.78. The molecule has 2 N–H and O–H groups in total. The minimum absolute atomic E-state index is 0.0662. The normalized spacial score (nSPS) is 12.3. The highest BCUT2D eigenvalue weighted by Gasteiger charge is 2.18. The molecule has 0 spiro atoms. The van der Waals surface area contributed by atoms with Crippen molar-refractivity contribution in [3.8, 4) is 5.75 Å². The Bertz CT molecular complexity index is 1200. The predicted molar refractivity (Wildman–Crippen MR) is 127 cm³/mol. The van der Waals surface area contributed by atoms with Crippen LogP contribution in [-0.4, -0.2) is 32.6 Å². The average molecular weight is 488 g/mol. The molecule has 0 radical (unpaired) electrons. The molecule has 3 aromatic rings. The summed E-state index contributed by atoms with van der Waals surface area (Å²) in [5, 5.41) is 14.0. The molecular formula is C25H26ClNO5S. The lowest BCUT2D eigenvalue weighted by atomic mass is 10.1. The van der Waals surface area contributed by atoms with Gasteiger partial charge in [-0.1, -0.05) is 41.9 Å². The summed E-state index contributed by atoms with van der Waals surface area (Å²) in [6.07, 6.45) is 0.967. The first kappa shape index (κ1) is 24.9. The van der Waals surface area contributed by atoms with Gasteiger partial charge in [0, 0.05) is 18.5 Å². The van der Waals surface area contributed by atoms with Gasteiger partial charge < -0.3 is 15.2 Å². The quantitative estimate of drug-likeness (QED) is 0.251. The zero-order valence-corrected chi connectivity index (χ0v) is 19.8. The lowest BCUT2D eigenvalue weighted by molar-refractivity contribution is -0.131. The van der Waals surface area contributed by atoms with Gasteiger partial charge in [0.25, 0.3) is 0 Å². The van der Waals surface area contributed by atoms with Crippen LogP contribution in [0.25, 0.3) is 0 Å². The van der Waals surface area contributed by atoms with Gasteiger partial charge in [-0.15, -0.1) is 0 Å². The van der Waals surface area contributed by atoms with Crippen LogP contribution in [0.4, 0.5) is 0 Å². The van der Waals surface area contributed by atoms with E-state index in [2.05, 4.69) is 5.32 Å². The topological polar surface area (TPSA) is 92.7 Å². The Morgan fingerprint density at radius 2 is 1.76 bits per heavy atom. The molecule has 0 aliphatic heterocycles. The van der Waals surface area contributed by atoms with Crippen molar-refractivity contribution in [3.63, 3.8) is 0 Å². The lowest BCUT2D eigenvalue weighted by Gasteiger charge is -2.12. The summed E-state index contributed by atoms with van der Waals surface area (Å²) in [6, 6.07) is 19.8. The minimum Gasteiger partial charge on any atom is -0.427 e. The second-order valence-electron chi connectivity index (χ2n) is 7.59. The first-order valence-electron chi connectivity index (χ1n) is 10.5. The number of sulfone groups is 1. The SMILES string of the molecule is CC(=O)Oc1cccc(S(=O)(=O)c2ccc(CCCNC[C@@H](O)c3cccc(Cl)c3)cc2)c1. The molecule has 3 rings (SSSR count). The summed E-state index contributed by atoms with van der Waals surface area (Å²) in [7, 11) is -3.72. The van der Waals surface area contributed by atoms with Crippen LogP contribution >= 0.6 is 11.6 Å². The van der Waals surface area contributed by atoms with Gasteiger partial charge in [-0.3, -0.25) is 4.79 Å². The van der Waals surface area contributed by atoms with E-state index in [1.165, 1.54) is 31.2 Å². The van der Waals surface area contributed by atoms with Gasteiger partial charge in [0.05, 0.1) is 15.9 Å². The number of aliphatic hydroxyl groups excluding tert-OH is 1. The summed E-state index contributed by atoms with van der Waals surface area (Å²) < 4.78 is 30.8. The van der Waals surface area contributed by atoms with Crippen LogP contribution in [0.3, 0.4) is 0 Å². The third-order valence-corrected chi connectivity index (χ3v) is 7.00. The lowest BCUT2D eigenvalue weighted by Crippen LogP contribution is -2.22. The molecule has 0 fully saturated rings. The van der Waals surface area contributed by atoms with Crippen molar-refractivity contribution in [2.24, 2.45) is 0 Å². The zero-order valence-electron chi connectivity index (χ0n) is 18.2. The van der Waals surface area contributed by atoms with Crippen LogP contribution in [0, 0.1) is 0 Å². The number of carbonyl (C=O) groups excluding carboxylic acids is 1. The van der Waals surface area contributed by atoms with Crippen molar-refractivity contribution >= 4 is 27.4 Å². The number of esters is 1. The van der Waals surface area contributed by atoms with E-state index in [0.29, 0.717) is 18.1 Å². The van der Waals surface area contributed by atoms with Crippen LogP contribution in [0.2, 0.25) is 5.02 Å². The molecule has 3 aromatic carbocycles. The molecule has 1 atom stereocenters. The molecule has 0 saturated carbocycles. The molecule has 174 valence electrons. The smallest absolute Gasteiger partial charge is 0.308 e. The molecule has 0 aliphatic rings. The zero-order chi connectivity index (χ0) is 23.8. The molecule has 0 bridgehead atoms. The predicted octanol–water partition coefficient (Wildman–Crippen LogP) is 4.35. The molecule has 0 aliphatic carbocycles. The highest BCUT2D eigenvalue weighted by atomic mass is 35.5. The Morgan fingerprint density at radius 3 is 2.45 bits per heavy atom. The van der Waals surface area contributed by atoms with E-state index in [1.807, 2.05) is 6.07 Å². The van der Waals surface area contributed by atoms with Gasteiger partial charge in [-0.25, -0.2) is 8.42 Å². The number of nitrogens with one attached hydrogen (secondary N) is 1. The number of hydrogen-bond donors (Lipinski definition) is 2. The van der Waals surface area contributed by atoms with Crippen LogP contribution < -0.4 is 10.1 Å². The molecule has 0 aromatic heterocycles. The van der Waals surface area contributed by atoms with Crippen molar-refractivity contribution in [3.05, 3.63) is 88.9 Å². The fraction of sp³-hybridized carbons (Fsp3) is 0.240. The summed E-state index contributed by atoms with van der Waals surface area (Å²) in [5.74, 6) is -0.324. The van der Waals surface area contributed by atoms with Crippen LogP contribution in [-0.2, 0) is 21.1 Å². The number of carbonyl (C=O) groups is 1. The number of rotatable bonds is 10. The van der Waals surface area contributed by atoms with Gasteiger partial charge in [-0.2, -0.15) is 0 Å². The van der Waals surface area contributed by atoms with Crippen LogP contribution in [0.5, 0.6) is 5.75 Å². The van der Waals surface area contributed by atoms with E-state index in [9.17, 15) is 18.3 Å². The molecule has 0 unspecified atom stereocenters. The largest absolute Gasteiger partial charge is 0.427 e. The van der Waals surface area contributed by atoms with Crippen LogP contribution in [0.1, 0.15) is 30.6 Å². The van der Waals surface area contributed by atoms with Gasteiger partial charge in [-0.05, 0) is 73.0 Å². The highest BCUT2D eigenvalue weighted by Crippen LogP contribution is 2.25. The molecule has 0 saturated heterocycles. The van der Waals surface area contributed by atoms with Crippen molar-refractivity contribution < 1.29 is 23.1 Å². The first-order valence-corrected chi connectivity index (χ1v) is 12.4. The third kappa shape index (κ3) is 7.14. The Balaban J connectivity index is 1.51. The number of ether oxygens (including phenoxy) is 1. The van der Waals surface area contributed by atoms with Crippen molar-refractivity contribution in [2.45, 2.75) is 35.7 Å². The summed E-state index contributed by atoms with van der Waals surface area (Å²) >= 11 is 5.95. The first-order chi connectivity index (χ1) is 15.8. The van der Waals surface area contributed by atoms with Crippen LogP contribution in [0.15, 0.2) is 82.6 Å². The van der Waals surface area contributed by atoms with Gasteiger partial charge >= 0.3 is 5.97 Å². The van der Waals surface area contributed by atoms with E-state index >= 15 is 0 Å². The second-order valence-corrected chi connectivity index (χ2v) is 9.98. The Labute approximate surface area is 199 Å². The van der Waals surface area contributed by atoms with Gasteiger partial charge in [0.2, 0.25) is 9.84 Å². The molecular weight excluding hydrogens is 462 g/mol. The third-order valence-electron chi connectivity index (χ3n) is 5.00. The van der Waals surface area contributed by atoms with Crippen molar-refractivity contribution in [2.75, 3.05) is 13.1 Å². The standard InChI is InChI=1S/C25H26ClNO5S/c1-18(28)32-22-8-3-9-24(16-22)33(30,31)23-12-10-19(11-13-23)5-4-14-27-17-25(29)20-6-2-7-21(26)15-20/h2-3,6-13,15-16,25,27,29H,4-5,14,17H2,1H3/t25-/m1/s1. The van der Waals surface area contributed by atoms with E-state index in [0.717, 1.165) is 24.0 Å². The van der Waals surface area contributed by atoms with E-state index in [1.54, 1.807) is 42.5 Å². The van der Waals surface area contributed by atoms with Gasteiger partial charge in [0.15, 0.2) is 0 Å². The number of aliphatic hydroxyl groups is 1. The highest BCUT2D eigenvalue weighted by molar-refractivity contribution is 7.91. The number of benzene rings is 3. The monoisotopic (exact) mass is 487 g/mol. The molecule has 0 amide bonds. The van der Waals surface area contributed by atoms with E-state index in [-0.39, 0.29) is 15.5 Å². The van der Waals surface area contributed by atoms with Crippen molar-refractivity contribution in [1.82, 2.24) is 5.32 Å². The maximum absolute atomic E-state index is 12.9. The fourth-order valence-electron chi connectivity index (χ4n) is 3.33. The maximum atomic E-state index is 12.9. The van der Waals surface area contributed by atoms with Crippen molar-refractivity contribution in [1.29, 1.82) is 0 Å². The molecule has 6 nitrogen and oxygen atoms in total.